The topological polar surface area (TPSA) is 61.4 Å². The van der Waals surface area contributed by atoms with Crippen molar-refractivity contribution >= 4 is 6.09 Å². The second-order valence-electron chi connectivity index (χ2n) is 8.31. The molecule has 7 heteroatoms. The van der Waals surface area contributed by atoms with Crippen LogP contribution in [0.5, 0.6) is 0 Å². The van der Waals surface area contributed by atoms with E-state index in [1.54, 1.807) is 6.07 Å². The fourth-order valence-electron chi connectivity index (χ4n) is 4.43. The minimum Gasteiger partial charge on any atom is -0.465 e. The maximum Gasteiger partial charge on any atom is 0.416 e. The molecule has 3 N–H and O–H groups in total. The number of carbonyl (C=O) groups is 1. The van der Waals surface area contributed by atoms with Gasteiger partial charge in [-0.05, 0) is 60.9 Å². The van der Waals surface area contributed by atoms with E-state index in [0.29, 0.717) is 23.6 Å². The van der Waals surface area contributed by atoms with Gasteiger partial charge < -0.3 is 15.7 Å². The summed E-state index contributed by atoms with van der Waals surface area (Å²) >= 11 is 0. The van der Waals surface area contributed by atoms with E-state index in [1.165, 1.54) is 17.7 Å². The van der Waals surface area contributed by atoms with Crippen LogP contribution in [0, 0.1) is 0 Å². The Bertz CT molecular complexity index is 890. The van der Waals surface area contributed by atoms with Gasteiger partial charge in [-0.1, -0.05) is 36.4 Å². The van der Waals surface area contributed by atoms with E-state index < -0.39 is 17.8 Å². The van der Waals surface area contributed by atoms with Gasteiger partial charge >= 0.3 is 12.3 Å². The molecule has 2 aromatic carbocycles. The molecule has 0 heterocycles. The second-order valence-corrected chi connectivity index (χ2v) is 8.31. The lowest BCUT2D eigenvalue weighted by Crippen LogP contribution is -2.42. The first-order valence-corrected chi connectivity index (χ1v) is 10.3. The van der Waals surface area contributed by atoms with Crippen molar-refractivity contribution in [2.24, 2.45) is 0 Å². The number of amides is 1. The largest absolute Gasteiger partial charge is 0.465 e. The first kappa shape index (κ1) is 20.7. The molecule has 160 valence electrons. The monoisotopic (exact) mass is 418 g/mol. The molecule has 2 atom stereocenters. The van der Waals surface area contributed by atoms with Crippen LogP contribution in [0.1, 0.15) is 49.1 Å². The summed E-state index contributed by atoms with van der Waals surface area (Å²) in [6, 6.07) is 14.1. The number of rotatable bonds is 5. The number of nitrogens with one attached hydrogen (secondary N) is 2. The highest BCUT2D eigenvalue weighted by Gasteiger charge is 2.40. The molecule has 30 heavy (non-hydrogen) atoms. The van der Waals surface area contributed by atoms with Gasteiger partial charge in [0.25, 0.3) is 0 Å². The van der Waals surface area contributed by atoms with Crippen molar-refractivity contribution in [3.63, 3.8) is 0 Å². The maximum atomic E-state index is 12.9. The minimum absolute atomic E-state index is 0.0546. The van der Waals surface area contributed by atoms with Crippen molar-refractivity contribution < 1.29 is 23.1 Å². The van der Waals surface area contributed by atoms with Crippen molar-refractivity contribution in [3.8, 4) is 11.1 Å². The summed E-state index contributed by atoms with van der Waals surface area (Å²) in [4.78, 5) is 10.7. The van der Waals surface area contributed by atoms with Crippen molar-refractivity contribution in [1.82, 2.24) is 10.6 Å². The summed E-state index contributed by atoms with van der Waals surface area (Å²) in [7, 11) is 0. The Morgan fingerprint density at radius 2 is 1.60 bits per heavy atom. The normalized spacial score (nSPS) is 26.2. The molecular weight excluding hydrogens is 393 g/mol. The van der Waals surface area contributed by atoms with E-state index >= 15 is 0 Å². The van der Waals surface area contributed by atoms with Gasteiger partial charge in [0.05, 0.1) is 5.56 Å². The molecular formula is C23H25F3N2O2. The van der Waals surface area contributed by atoms with Crippen LogP contribution < -0.4 is 10.6 Å². The Hall–Kier alpha value is -2.54. The van der Waals surface area contributed by atoms with E-state index in [0.717, 1.165) is 43.7 Å². The van der Waals surface area contributed by atoms with Crippen molar-refractivity contribution in [1.29, 1.82) is 0 Å². The molecule has 2 saturated carbocycles. The molecule has 0 radical (unpaired) electrons. The summed E-state index contributed by atoms with van der Waals surface area (Å²) in [5.41, 5.74) is 1.90. The number of alkyl halides is 3. The summed E-state index contributed by atoms with van der Waals surface area (Å²) in [6.45, 7) is 0. The molecule has 1 amide bonds. The zero-order chi connectivity index (χ0) is 21.3. The molecule has 4 nitrogen and oxygen atoms in total. The van der Waals surface area contributed by atoms with Gasteiger partial charge in [-0.2, -0.15) is 13.2 Å². The molecule has 4 rings (SSSR count). The zero-order valence-electron chi connectivity index (χ0n) is 16.5. The summed E-state index contributed by atoms with van der Waals surface area (Å²) in [5, 5.41) is 15.1. The zero-order valence-corrected chi connectivity index (χ0v) is 16.5. The van der Waals surface area contributed by atoms with Crippen LogP contribution in [-0.2, 0) is 6.18 Å². The number of halogens is 3. The Balaban J connectivity index is 1.31. The molecule has 2 fully saturated rings. The number of carboxylic acid groups (broad SMARTS) is 1. The molecule has 2 aromatic rings. The van der Waals surface area contributed by atoms with Crippen LogP contribution in [0.4, 0.5) is 18.0 Å². The lowest BCUT2D eigenvalue weighted by molar-refractivity contribution is -0.137. The van der Waals surface area contributed by atoms with E-state index in [2.05, 4.69) is 10.6 Å². The molecule has 0 bridgehead atoms. The van der Waals surface area contributed by atoms with Crippen molar-refractivity contribution in [2.45, 2.75) is 62.3 Å². The predicted octanol–water partition coefficient (Wildman–Crippen LogP) is 5.40. The summed E-state index contributed by atoms with van der Waals surface area (Å²) in [5.74, 6) is 0.426. The third-order valence-corrected chi connectivity index (χ3v) is 6.16. The van der Waals surface area contributed by atoms with E-state index in [4.69, 9.17) is 5.11 Å². The Labute approximate surface area is 173 Å². The van der Waals surface area contributed by atoms with Crippen LogP contribution >= 0.6 is 0 Å². The van der Waals surface area contributed by atoms with E-state index in [1.807, 2.05) is 24.3 Å². The first-order valence-electron chi connectivity index (χ1n) is 10.3. The number of hydrogen-bond donors (Lipinski definition) is 3. The van der Waals surface area contributed by atoms with Gasteiger partial charge in [0, 0.05) is 24.0 Å². The molecule has 0 unspecified atom stereocenters. The Morgan fingerprint density at radius 1 is 0.933 bits per heavy atom. The van der Waals surface area contributed by atoms with Gasteiger partial charge in [-0.3, -0.25) is 0 Å². The fraction of sp³-hybridized carbons (Fsp3) is 0.435. The number of benzene rings is 2. The van der Waals surface area contributed by atoms with Gasteiger partial charge in [0.1, 0.15) is 0 Å². The van der Waals surface area contributed by atoms with Gasteiger partial charge in [0.2, 0.25) is 0 Å². The Kier molecular flexibility index (Phi) is 5.73. The second kappa shape index (κ2) is 8.30. The summed E-state index contributed by atoms with van der Waals surface area (Å²) < 4.78 is 38.8. The first-order chi connectivity index (χ1) is 14.3. The number of hydrogen-bond acceptors (Lipinski definition) is 2. The van der Waals surface area contributed by atoms with Crippen LogP contribution in [0.2, 0.25) is 0 Å². The molecule has 0 aliphatic heterocycles. The van der Waals surface area contributed by atoms with Crippen LogP contribution in [0.15, 0.2) is 48.5 Å². The molecule has 0 aromatic heterocycles. The molecule has 0 saturated heterocycles. The summed E-state index contributed by atoms with van der Waals surface area (Å²) in [6.07, 6.45) is -0.616. The quantitative estimate of drug-likeness (QED) is 0.610. The third-order valence-electron chi connectivity index (χ3n) is 6.16. The minimum atomic E-state index is -4.34. The third kappa shape index (κ3) is 4.95. The van der Waals surface area contributed by atoms with Gasteiger partial charge in [-0.15, -0.1) is 0 Å². The predicted molar refractivity (Wildman–Crippen MR) is 108 cm³/mol. The lowest BCUT2D eigenvalue weighted by atomic mass is 9.91. The highest BCUT2D eigenvalue weighted by atomic mass is 19.4. The van der Waals surface area contributed by atoms with Gasteiger partial charge in [0.15, 0.2) is 0 Å². The van der Waals surface area contributed by atoms with E-state index in [9.17, 15) is 18.0 Å². The highest BCUT2D eigenvalue weighted by Crippen LogP contribution is 2.42. The maximum absolute atomic E-state index is 12.9. The van der Waals surface area contributed by atoms with Crippen LogP contribution in [0.25, 0.3) is 11.1 Å². The smallest absolute Gasteiger partial charge is 0.416 e. The fourth-order valence-corrected chi connectivity index (χ4v) is 4.43. The lowest BCUT2D eigenvalue weighted by Gasteiger charge is -2.29. The highest BCUT2D eigenvalue weighted by molar-refractivity contribution is 5.65. The average Bonchev–Trinajstić information content (AvgIpc) is 3.48. The van der Waals surface area contributed by atoms with Crippen molar-refractivity contribution in [2.75, 3.05) is 0 Å². The van der Waals surface area contributed by atoms with Crippen LogP contribution in [-0.4, -0.2) is 29.3 Å². The van der Waals surface area contributed by atoms with E-state index in [-0.39, 0.29) is 6.04 Å². The molecule has 0 spiro atoms. The average molecular weight is 418 g/mol. The molecule has 2 aliphatic rings. The Morgan fingerprint density at radius 3 is 2.23 bits per heavy atom. The van der Waals surface area contributed by atoms with Crippen LogP contribution in [0.3, 0.4) is 0 Å². The van der Waals surface area contributed by atoms with Gasteiger partial charge in [-0.25, -0.2) is 4.79 Å². The molecule has 2 aliphatic carbocycles. The SMILES string of the molecule is O=C(O)N[C@H]1CC[C@@H](N[C@@H]2C[C@H]2c2ccc(-c3cccc(C(F)(F)F)c3)cc2)CC1. The van der Waals surface area contributed by atoms with Crippen molar-refractivity contribution in [3.05, 3.63) is 59.7 Å². The standard InChI is InChI=1S/C23H25F3N2O2/c24-23(25,26)17-3-1-2-16(12-17)14-4-6-15(7-5-14)20-13-21(20)27-18-8-10-19(11-9-18)28-22(29)30/h1-7,12,18-21,27-28H,8-11,13H2,(H,29,30)/t18-,19+,20-,21+/m0/s1.